The Bertz CT molecular complexity index is 3480. The fraction of sp³-hybridized carbons (Fsp3) is 0.0517. The number of rotatable bonds is 7. The van der Waals surface area contributed by atoms with Crippen LogP contribution in [-0.4, -0.2) is 29.5 Å². The zero-order chi connectivity index (χ0) is 42.8. The van der Waals surface area contributed by atoms with E-state index in [1.54, 1.807) is 0 Å². The molecule has 8 aromatic carbocycles. The van der Waals surface area contributed by atoms with Gasteiger partial charge in [-0.3, -0.25) is 0 Å². The van der Waals surface area contributed by atoms with Crippen LogP contribution in [0.25, 0.3) is 107 Å². The first-order valence-electron chi connectivity index (χ1n) is 21.7. The van der Waals surface area contributed by atoms with Crippen molar-refractivity contribution in [2.75, 3.05) is 0 Å². The quantitative estimate of drug-likeness (QED) is 0.160. The molecule has 6 nitrogen and oxygen atoms in total. The Morgan fingerprint density at radius 1 is 0.344 bits per heavy atom. The minimum absolute atomic E-state index is 0.295. The third-order valence-corrected chi connectivity index (χ3v) is 12.7. The SMILES string of the molecule is CC1(C)c2ccccc2-c2nc(-c3ccc4c(c3)c3ccccc3n4-c3ccccc3)nc(-c3ccc(-c4ccc(-c5nc(-c6ccccc6)nc(-c6ccccc6)n5)cc4)cc3)c21. The standard InChI is InChI=1S/C58H40N6/c1-58(2)48-24-14-12-23-46(48)53-51(58)52(59-57(60-53)43-34-35-50-47(36-43)45-22-13-15-25-49(45)64(50)44-20-10-5-11-21-44)39-30-26-37(27-31-39)38-28-32-42(33-29-38)56-62-54(40-16-6-3-7-17-40)61-55(63-56)41-18-8-4-9-19-41/h3-36H,1-2H3. The number of fused-ring (bicyclic) bond motifs is 6. The van der Waals surface area contributed by atoms with Crippen molar-refractivity contribution in [2.45, 2.75) is 19.3 Å². The summed E-state index contributed by atoms with van der Waals surface area (Å²) >= 11 is 0. The summed E-state index contributed by atoms with van der Waals surface area (Å²) in [5.74, 6) is 2.63. The first-order chi connectivity index (χ1) is 31.5. The van der Waals surface area contributed by atoms with Gasteiger partial charge in [-0.15, -0.1) is 0 Å². The van der Waals surface area contributed by atoms with E-state index in [1.165, 1.54) is 21.9 Å². The maximum Gasteiger partial charge on any atom is 0.164 e. The summed E-state index contributed by atoms with van der Waals surface area (Å²) in [5.41, 5.74) is 15.7. The predicted octanol–water partition coefficient (Wildman–Crippen LogP) is 14.1. The maximum absolute atomic E-state index is 5.48. The third-order valence-electron chi connectivity index (χ3n) is 12.7. The predicted molar refractivity (Wildman–Crippen MR) is 260 cm³/mol. The number of aromatic nitrogens is 6. The highest BCUT2D eigenvalue weighted by Gasteiger charge is 2.40. The van der Waals surface area contributed by atoms with E-state index in [4.69, 9.17) is 24.9 Å². The van der Waals surface area contributed by atoms with Gasteiger partial charge in [0.05, 0.1) is 22.4 Å². The molecule has 0 N–H and O–H groups in total. The topological polar surface area (TPSA) is 69.4 Å². The molecule has 0 saturated carbocycles. The molecule has 3 aromatic heterocycles. The normalized spacial score (nSPS) is 12.7. The number of nitrogens with zero attached hydrogens (tertiary/aromatic N) is 6. The van der Waals surface area contributed by atoms with Gasteiger partial charge in [0.25, 0.3) is 0 Å². The summed E-state index contributed by atoms with van der Waals surface area (Å²) in [6.45, 7) is 4.59. The summed E-state index contributed by atoms with van der Waals surface area (Å²) in [6.07, 6.45) is 0. The molecule has 0 saturated heterocycles. The second-order valence-electron chi connectivity index (χ2n) is 16.9. The Morgan fingerprint density at radius 3 is 1.44 bits per heavy atom. The fourth-order valence-corrected chi connectivity index (χ4v) is 9.49. The lowest BCUT2D eigenvalue weighted by Gasteiger charge is -2.24. The number of para-hydroxylation sites is 2. The molecule has 11 aromatic rings. The van der Waals surface area contributed by atoms with Crippen LogP contribution >= 0.6 is 0 Å². The third kappa shape index (κ3) is 6.22. The van der Waals surface area contributed by atoms with Crippen LogP contribution in [0.4, 0.5) is 0 Å². The van der Waals surface area contributed by atoms with E-state index >= 15 is 0 Å². The van der Waals surface area contributed by atoms with Crippen molar-refractivity contribution >= 4 is 21.8 Å². The van der Waals surface area contributed by atoms with Crippen molar-refractivity contribution < 1.29 is 0 Å². The molecule has 0 spiro atoms. The van der Waals surface area contributed by atoms with Crippen molar-refractivity contribution in [1.29, 1.82) is 0 Å². The van der Waals surface area contributed by atoms with Gasteiger partial charge in [0.1, 0.15) is 0 Å². The molecule has 6 heteroatoms. The summed E-state index contributed by atoms with van der Waals surface area (Å²) in [4.78, 5) is 25.6. The number of benzene rings is 8. The van der Waals surface area contributed by atoms with E-state index in [0.717, 1.165) is 72.7 Å². The lowest BCUT2D eigenvalue weighted by Crippen LogP contribution is -2.17. The molecule has 12 rings (SSSR count). The van der Waals surface area contributed by atoms with Crippen LogP contribution in [0.2, 0.25) is 0 Å². The zero-order valence-electron chi connectivity index (χ0n) is 35.3. The average Bonchev–Trinajstić information content (AvgIpc) is 3.82. The molecule has 0 aliphatic heterocycles. The number of hydrogen-bond acceptors (Lipinski definition) is 5. The monoisotopic (exact) mass is 820 g/mol. The maximum atomic E-state index is 5.48. The summed E-state index contributed by atoms with van der Waals surface area (Å²) < 4.78 is 2.34. The van der Waals surface area contributed by atoms with Crippen LogP contribution in [-0.2, 0) is 5.41 Å². The van der Waals surface area contributed by atoms with E-state index in [2.05, 4.69) is 164 Å². The van der Waals surface area contributed by atoms with Gasteiger partial charge in [-0.25, -0.2) is 24.9 Å². The van der Waals surface area contributed by atoms with Gasteiger partial charge in [0, 0.05) is 60.8 Å². The minimum atomic E-state index is -0.295. The van der Waals surface area contributed by atoms with Crippen LogP contribution in [0.1, 0.15) is 25.0 Å². The van der Waals surface area contributed by atoms with Crippen LogP contribution in [0, 0.1) is 0 Å². The summed E-state index contributed by atoms with van der Waals surface area (Å²) in [6, 6.07) is 72.0. The highest BCUT2D eigenvalue weighted by Crippen LogP contribution is 2.51. The van der Waals surface area contributed by atoms with Gasteiger partial charge in [-0.2, -0.15) is 0 Å². The van der Waals surface area contributed by atoms with Gasteiger partial charge < -0.3 is 4.57 Å². The van der Waals surface area contributed by atoms with E-state index in [1.807, 2.05) is 60.7 Å². The van der Waals surface area contributed by atoms with E-state index in [-0.39, 0.29) is 5.41 Å². The minimum Gasteiger partial charge on any atom is -0.309 e. The van der Waals surface area contributed by atoms with Gasteiger partial charge in [-0.1, -0.05) is 184 Å². The van der Waals surface area contributed by atoms with Crippen molar-refractivity contribution in [2.24, 2.45) is 0 Å². The smallest absolute Gasteiger partial charge is 0.164 e. The molecule has 0 fully saturated rings. The van der Waals surface area contributed by atoms with E-state index in [9.17, 15) is 0 Å². The Balaban J connectivity index is 0.935. The van der Waals surface area contributed by atoms with Gasteiger partial charge >= 0.3 is 0 Å². The molecule has 0 amide bonds. The van der Waals surface area contributed by atoms with Crippen LogP contribution in [0.3, 0.4) is 0 Å². The van der Waals surface area contributed by atoms with Crippen LogP contribution < -0.4 is 0 Å². The Hall–Kier alpha value is -8.35. The summed E-state index contributed by atoms with van der Waals surface area (Å²) in [5, 5.41) is 2.37. The molecule has 1 aliphatic carbocycles. The molecule has 0 bridgehead atoms. The van der Waals surface area contributed by atoms with Crippen molar-refractivity contribution in [3.63, 3.8) is 0 Å². The molecule has 1 aliphatic rings. The lowest BCUT2D eigenvalue weighted by atomic mass is 9.80. The highest BCUT2D eigenvalue weighted by atomic mass is 15.0. The molecule has 64 heavy (non-hydrogen) atoms. The Kier molecular flexibility index (Phi) is 8.73. The average molecular weight is 821 g/mol. The molecule has 0 unspecified atom stereocenters. The summed E-state index contributed by atoms with van der Waals surface area (Å²) in [7, 11) is 0. The number of hydrogen-bond donors (Lipinski definition) is 0. The molecule has 302 valence electrons. The van der Waals surface area contributed by atoms with Crippen LogP contribution in [0.15, 0.2) is 206 Å². The van der Waals surface area contributed by atoms with Crippen LogP contribution in [0.5, 0.6) is 0 Å². The molecule has 0 radical (unpaired) electrons. The van der Waals surface area contributed by atoms with Crippen molar-refractivity contribution in [3.05, 3.63) is 217 Å². The molecule has 3 heterocycles. The van der Waals surface area contributed by atoms with Gasteiger partial charge in [-0.05, 0) is 53.1 Å². The Morgan fingerprint density at radius 2 is 0.797 bits per heavy atom. The van der Waals surface area contributed by atoms with Crippen molar-refractivity contribution in [1.82, 2.24) is 29.5 Å². The Labute approximate surface area is 371 Å². The molecular weight excluding hydrogens is 781 g/mol. The van der Waals surface area contributed by atoms with E-state index in [0.29, 0.717) is 23.3 Å². The second kappa shape index (κ2) is 14.9. The first-order valence-corrected chi connectivity index (χ1v) is 21.7. The van der Waals surface area contributed by atoms with Gasteiger partial charge in [0.2, 0.25) is 0 Å². The van der Waals surface area contributed by atoms with E-state index < -0.39 is 0 Å². The largest absolute Gasteiger partial charge is 0.309 e. The highest BCUT2D eigenvalue weighted by molar-refractivity contribution is 6.10. The fourth-order valence-electron chi connectivity index (χ4n) is 9.49. The molecule has 0 atom stereocenters. The first kappa shape index (κ1) is 37.4. The van der Waals surface area contributed by atoms with Gasteiger partial charge in [0.15, 0.2) is 23.3 Å². The lowest BCUT2D eigenvalue weighted by molar-refractivity contribution is 0.658. The zero-order valence-corrected chi connectivity index (χ0v) is 35.3. The second-order valence-corrected chi connectivity index (χ2v) is 16.9. The van der Waals surface area contributed by atoms with Crippen molar-refractivity contribution in [3.8, 4) is 84.9 Å². The molecular formula is C58H40N6.